The monoisotopic (exact) mass is 239 g/mol. The maximum atomic E-state index is 11.4. The Morgan fingerprint density at radius 2 is 1.67 bits per heavy atom. The van der Waals surface area contributed by atoms with Crippen LogP contribution in [0.1, 0.15) is 39.9 Å². The number of hydrogen-bond acceptors (Lipinski definition) is 1. The number of primary amides is 1. The highest BCUT2D eigenvalue weighted by Gasteiger charge is 2.14. The molecule has 0 radical (unpaired) electrons. The van der Waals surface area contributed by atoms with E-state index in [1.807, 2.05) is 18.2 Å². The van der Waals surface area contributed by atoms with Crippen molar-refractivity contribution in [2.24, 2.45) is 5.73 Å². The molecule has 0 saturated heterocycles. The molecule has 1 atom stereocenters. The first-order valence-corrected chi connectivity index (χ1v) is 6.05. The van der Waals surface area contributed by atoms with E-state index in [1.165, 1.54) is 11.1 Å². The first-order chi connectivity index (χ1) is 8.59. The summed E-state index contributed by atoms with van der Waals surface area (Å²) in [5, 5.41) is 0. The zero-order valence-electron chi connectivity index (χ0n) is 10.7. The molecule has 0 aliphatic rings. The number of carbonyl (C=O) groups is 1. The Balaban J connectivity index is 2.42. The molecule has 0 heterocycles. The van der Waals surface area contributed by atoms with Crippen molar-refractivity contribution in [1.29, 1.82) is 0 Å². The van der Waals surface area contributed by atoms with E-state index in [2.05, 4.69) is 38.1 Å². The quantitative estimate of drug-likeness (QED) is 0.877. The van der Waals surface area contributed by atoms with E-state index in [0.29, 0.717) is 5.56 Å². The van der Waals surface area contributed by atoms with Gasteiger partial charge < -0.3 is 5.73 Å². The van der Waals surface area contributed by atoms with Crippen molar-refractivity contribution < 1.29 is 4.79 Å². The van der Waals surface area contributed by atoms with Crippen LogP contribution in [0.5, 0.6) is 0 Å². The van der Waals surface area contributed by atoms with Gasteiger partial charge in [-0.2, -0.15) is 0 Å². The van der Waals surface area contributed by atoms with Gasteiger partial charge in [0.15, 0.2) is 0 Å². The summed E-state index contributed by atoms with van der Waals surface area (Å²) in [6.45, 7) is 4.15. The lowest BCUT2D eigenvalue weighted by Gasteiger charge is -2.15. The van der Waals surface area contributed by atoms with Crippen LogP contribution in [0.2, 0.25) is 0 Å². The van der Waals surface area contributed by atoms with Gasteiger partial charge in [0, 0.05) is 11.5 Å². The fraction of sp³-hybridized carbons (Fsp3) is 0.188. The molecule has 0 saturated carbocycles. The third-order valence-electron chi connectivity index (χ3n) is 3.27. The van der Waals surface area contributed by atoms with Crippen molar-refractivity contribution in [1.82, 2.24) is 0 Å². The molecule has 2 heteroatoms. The number of aryl methyl sites for hydroxylation is 1. The van der Waals surface area contributed by atoms with Crippen LogP contribution in [-0.4, -0.2) is 5.91 Å². The summed E-state index contributed by atoms with van der Waals surface area (Å²) in [5.41, 5.74) is 9.42. The lowest BCUT2D eigenvalue weighted by molar-refractivity contribution is 0.0999. The van der Waals surface area contributed by atoms with Gasteiger partial charge in [0.1, 0.15) is 0 Å². The Morgan fingerprint density at radius 1 is 1.06 bits per heavy atom. The van der Waals surface area contributed by atoms with Gasteiger partial charge in [-0.25, -0.2) is 0 Å². The van der Waals surface area contributed by atoms with E-state index in [9.17, 15) is 4.79 Å². The van der Waals surface area contributed by atoms with Gasteiger partial charge in [0.2, 0.25) is 5.91 Å². The summed E-state index contributed by atoms with van der Waals surface area (Å²) < 4.78 is 0. The zero-order chi connectivity index (χ0) is 13.1. The maximum absolute atomic E-state index is 11.4. The van der Waals surface area contributed by atoms with E-state index < -0.39 is 0 Å². The first-order valence-electron chi connectivity index (χ1n) is 6.05. The normalized spacial score (nSPS) is 12.1. The number of rotatable bonds is 3. The lowest BCUT2D eigenvalue weighted by atomic mass is 9.89. The molecule has 2 nitrogen and oxygen atoms in total. The second kappa shape index (κ2) is 5.05. The number of nitrogens with two attached hydrogens (primary N) is 1. The third-order valence-corrected chi connectivity index (χ3v) is 3.27. The van der Waals surface area contributed by atoms with E-state index in [0.717, 1.165) is 5.56 Å². The van der Waals surface area contributed by atoms with Crippen LogP contribution < -0.4 is 5.73 Å². The molecule has 0 spiro atoms. The maximum Gasteiger partial charge on any atom is 0.248 e. The number of hydrogen-bond donors (Lipinski definition) is 1. The molecule has 2 rings (SSSR count). The number of carbonyl (C=O) groups excluding carboxylic acids is 1. The van der Waals surface area contributed by atoms with Gasteiger partial charge in [0.25, 0.3) is 0 Å². The molecule has 0 aliphatic heterocycles. The Kier molecular flexibility index (Phi) is 3.47. The smallest absolute Gasteiger partial charge is 0.248 e. The van der Waals surface area contributed by atoms with E-state index in [4.69, 9.17) is 5.73 Å². The second-order valence-corrected chi connectivity index (χ2v) is 4.58. The standard InChI is InChI=1S/C16H17NO/c1-11-7-9-13(10-8-11)12(2)14-5-3-4-6-15(14)16(17)18/h3-10,12H,1-2H3,(H2,17,18)/t12-/m1/s1. The van der Waals surface area contributed by atoms with E-state index in [-0.39, 0.29) is 11.8 Å². The molecule has 92 valence electrons. The van der Waals surface area contributed by atoms with Crippen molar-refractivity contribution in [2.45, 2.75) is 19.8 Å². The SMILES string of the molecule is Cc1ccc([C@@H](C)c2ccccc2C(N)=O)cc1. The molecule has 2 N–H and O–H groups in total. The van der Waals surface area contributed by atoms with Crippen molar-refractivity contribution in [2.75, 3.05) is 0 Å². The number of benzene rings is 2. The average molecular weight is 239 g/mol. The van der Waals surface area contributed by atoms with E-state index >= 15 is 0 Å². The molecule has 0 unspecified atom stereocenters. The predicted molar refractivity (Wildman–Crippen MR) is 73.7 cm³/mol. The van der Waals surface area contributed by atoms with Gasteiger partial charge in [-0.3, -0.25) is 4.79 Å². The topological polar surface area (TPSA) is 43.1 Å². The van der Waals surface area contributed by atoms with Crippen LogP contribution in [0.15, 0.2) is 48.5 Å². The van der Waals surface area contributed by atoms with Crippen molar-refractivity contribution >= 4 is 5.91 Å². The summed E-state index contributed by atoms with van der Waals surface area (Å²) in [7, 11) is 0. The minimum Gasteiger partial charge on any atom is -0.366 e. The number of amides is 1. The molecular formula is C16H17NO. The summed E-state index contributed by atoms with van der Waals surface area (Å²) in [6, 6.07) is 15.9. The Labute approximate surface area is 107 Å². The van der Waals surface area contributed by atoms with Crippen LogP contribution in [-0.2, 0) is 0 Å². The van der Waals surface area contributed by atoms with Gasteiger partial charge in [-0.15, -0.1) is 0 Å². The summed E-state index contributed by atoms with van der Waals surface area (Å²) in [6.07, 6.45) is 0. The van der Waals surface area contributed by atoms with Gasteiger partial charge >= 0.3 is 0 Å². The third kappa shape index (κ3) is 2.43. The van der Waals surface area contributed by atoms with Gasteiger partial charge in [-0.05, 0) is 24.1 Å². The summed E-state index contributed by atoms with van der Waals surface area (Å²) in [5.74, 6) is -0.209. The van der Waals surface area contributed by atoms with Crippen LogP contribution in [0.4, 0.5) is 0 Å². The lowest BCUT2D eigenvalue weighted by Crippen LogP contribution is -2.15. The highest BCUT2D eigenvalue weighted by molar-refractivity contribution is 5.94. The fourth-order valence-corrected chi connectivity index (χ4v) is 2.13. The van der Waals surface area contributed by atoms with Crippen molar-refractivity contribution in [3.63, 3.8) is 0 Å². The average Bonchev–Trinajstić information content (AvgIpc) is 2.39. The van der Waals surface area contributed by atoms with E-state index in [1.54, 1.807) is 6.07 Å². The Bertz CT molecular complexity index is 558. The van der Waals surface area contributed by atoms with Crippen molar-refractivity contribution in [3.05, 3.63) is 70.8 Å². The first kappa shape index (κ1) is 12.4. The van der Waals surface area contributed by atoms with Gasteiger partial charge in [-0.1, -0.05) is 55.0 Å². The molecule has 2 aromatic rings. The molecule has 18 heavy (non-hydrogen) atoms. The Hall–Kier alpha value is -2.09. The van der Waals surface area contributed by atoms with Crippen LogP contribution in [0, 0.1) is 6.92 Å². The highest BCUT2D eigenvalue weighted by Crippen LogP contribution is 2.26. The summed E-state index contributed by atoms with van der Waals surface area (Å²) >= 11 is 0. The Morgan fingerprint density at radius 3 is 2.28 bits per heavy atom. The molecule has 0 fully saturated rings. The minimum atomic E-state index is -0.371. The second-order valence-electron chi connectivity index (χ2n) is 4.58. The minimum absolute atomic E-state index is 0.161. The highest BCUT2D eigenvalue weighted by atomic mass is 16.1. The van der Waals surface area contributed by atoms with Gasteiger partial charge in [0.05, 0.1) is 0 Å². The van der Waals surface area contributed by atoms with Crippen LogP contribution in [0.3, 0.4) is 0 Å². The van der Waals surface area contributed by atoms with Crippen molar-refractivity contribution in [3.8, 4) is 0 Å². The molecule has 0 bridgehead atoms. The van der Waals surface area contributed by atoms with Crippen LogP contribution in [0.25, 0.3) is 0 Å². The molecule has 2 aromatic carbocycles. The molecular weight excluding hydrogens is 222 g/mol. The zero-order valence-corrected chi connectivity index (χ0v) is 10.7. The molecule has 1 amide bonds. The predicted octanol–water partition coefficient (Wildman–Crippen LogP) is 3.25. The molecule has 0 aliphatic carbocycles. The fourth-order valence-electron chi connectivity index (χ4n) is 2.13. The van der Waals surface area contributed by atoms with Crippen LogP contribution >= 0.6 is 0 Å². The largest absolute Gasteiger partial charge is 0.366 e. The molecule has 0 aromatic heterocycles. The summed E-state index contributed by atoms with van der Waals surface area (Å²) in [4.78, 5) is 11.4.